The van der Waals surface area contributed by atoms with Crippen LogP contribution in [0, 0.1) is 0 Å². The number of para-hydroxylation sites is 1. The lowest BCUT2D eigenvalue weighted by atomic mass is 9.85. The minimum atomic E-state index is -1.22. The van der Waals surface area contributed by atoms with E-state index in [1.165, 1.54) is 0 Å². The Morgan fingerprint density at radius 1 is 1.15 bits per heavy atom. The van der Waals surface area contributed by atoms with E-state index in [1.807, 2.05) is 30.3 Å². The predicted octanol–water partition coefficient (Wildman–Crippen LogP) is 0.928. The van der Waals surface area contributed by atoms with Crippen LogP contribution in [0.2, 0.25) is 6.32 Å². The molecule has 2 N–H and O–H groups in total. The van der Waals surface area contributed by atoms with Crippen molar-refractivity contribution in [2.45, 2.75) is 12.7 Å². The van der Waals surface area contributed by atoms with E-state index in [4.69, 9.17) is 14.8 Å². The zero-order valence-corrected chi connectivity index (χ0v) is 7.39. The van der Waals surface area contributed by atoms with Crippen molar-refractivity contribution < 1.29 is 14.8 Å². The van der Waals surface area contributed by atoms with Gasteiger partial charge in [-0.2, -0.15) is 0 Å². The van der Waals surface area contributed by atoms with E-state index >= 15 is 0 Å². The predicted molar refractivity (Wildman–Crippen MR) is 51.6 cm³/mol. The Hall–Kier alpha value is -0.995. The highest BCUT2D eigenvalue weighted by Gasteiger charge is 2.04. The molecule has 0 amide bonds. The molecule has 0 unspecified atom stereocenters. The molecule has 0 aliphatic carbocycles. The van der Waals surface area contributed by atoms with Crippen molar-refractivity contribution in [2.24, 2.45) is 0 Å². The van der Waals surface area contributed by atoms with Gasteiger partial charge in [0.25, 0.3) is 0 Å². The second kappa shape index (κ2) is 5.62. The van der Waals surface area contributed by atoms with Gasteiger partial charge in [-0.3, -0.25) is 0 Å². The molecule has 0 saturated carbocycles. The zero-order chi connectivity index (χ0) is 9.52. The molecule has 0 saturated heterocycles. The lowest BCUT2D eigenvalue weighted by molar-refractivity contribution is 0.309. The second-order valence-electron chi connectivity index (χ2n) is 2.78. The Labute approximate surface area is 78.1 Å². The van der Waals surface area contributed by atoms with Gasteiger partial charge in [0, 0.05) is 0 Å². The molecule has 13 heavy (non-hydrogen) atoms. The van der Waals surface area contributed by atoms with E-state index in [2.05, 4.69) is 0 Å². The summed E-state index contributed by atoms with van der Waals surface area (Å²) < 4.78 is 5.33. The minimum absolute atomic E-state index is 0.354. The minimum Gasteiger partial charge on any atom is -0.494 e. The van der Waals surface area contributed by atoms with Gasteiger partial charge >= 0.3 is 7.12 Å². The van der Waals surface area contributed by atoms with Crippen molar-refractivity contribution in [1.29, 1.82) is 0 Å². The molecule has 0 heterocycles. The number of hydrogen-bond acceptors (Lipinski definition) is 3. The van der Waals surface area contributed by atoms with E-state index in [9.17, 15) is 0 Å². The maximum absolute atomic E-state index is 8.55. The van der Waals surface area contributed by atoms with Crippen LogP contribution in [0.1, 0.15) is 6.42 Å². The van der Waals surface area contributed by atoms with E-state index in [1.54, 1.807) is 0 Å². The van der Waals surface area contributed by atoms with Crippen molar-refractivity contribution in [1.82, 2.24) is 0 Å². The monoisotopic (exact) mass is 180 g/mol. The molecule has 3 nitrogen and oxygen atoms in total. The third-order valence-corrected chi connectivity index (χ3v) is 1.62. The first-order valence-electron chi connectivity index (χ1n) is 4.33. The maximum Gasteiger partial charge on any atom is 0.451 e. The molecule has 0 bridgehead atoms. The second-order valence-corrected chi connectivity index (χ2v) is 2.78. The van der Waals surface area contributed by atoms with Crippen LogP contribution >= 0.6 is 0 Å². The van der Waals surface area contributed by atoms with Crippen LogP contribution in [0.15, 0.2) is 30.3 Å². The van der Waals surface area contributed by atoms with E-state index in [-0.39, 0.29) is 0 Å². The molecule has 1 aromatic carbocycles. The summed E-state index contributed by atoms with van der Waals surface area (Å²) in [5.74, 6) is 0.815. The lowest BCUT2D eigenvalue weighted by Gasteiger charge is -2.04. The molecule has 0 fully saturated rings. The highest BCUT2D eigenvalue weighted by atomic mass is 16.5. The summed E-state index contributed by atoms with van der Waals surface area (Å²) in [6, 6.07) is 9.46. The normalized spacial score (nSPS) is 9.69. The Kier molecular flexibility index (Phi) is 4.36. The van der Waals surface area contributed by atoms with Crippen LogP contribution in [0.5, 0.6) is 5.75 Å². The van der Waals surface area contributed by atoms with Gasteiger partial charge in [0.1, 0.15) is 5.75 Å². The molecular formula is C9H13BO3. The van der Waals surface area contributed by atoms with E-state index in [0.29, 0.717) is 19.3 Å². The van der Waals surface area contributed by atoms with Crippen LogP contribution in [0.3, 0.4) is 0 Å². The van der Waals surface area contributed by atoms with Crippen LogP contribution in [-0.4, -0.2) is 23.8 Å². The molecular weight excluding hydrogens is 167 g/mol. The molecule has 0 aliphatic heterocycles. The molecule has 0 spiro atoms. The fraction of sp³-hybridized carbons (Fsp3) is 0.333. The quantitative estimate of drug-likeness (QED) is 0.523. The van der Waals surface area contributed by atoms with Crippen molar-refractivity contribution >= 4 is 7.12 Å². The smallest absolute Gasteiger partial charge is 0.451 e. The first-order valence-corrected chi connectivity index (χ1v) is 4.33. The molecule has 1 rings (SSSR count). The Balaban J connectivity index is 2.13. The lowest BCUT2D eigenvalue weighted by Crippen LogP contribution is -2.11. The first kappa shape index (κ1) is 10.1. The van der Waals surface area contributed by atoms with Crippen molar-refractivity contribution in [2.75, 3.05) is 6.61 Å². The van der Waals surface area contributed by atoms with Gasteiger partial charge in [0.2, 0.25) is 0 Å². The van der Waals surface area contributed by atoms with Crippen LogP contribution < -0.4 is 4.74 Å². The molecule has 0 aliphatic rings. The van der Waals surface area contributed by atoms with Crippen LogP contribution in [0.4, 0.5) is 0 Å². The molecule has 70 valence electrons. The largest absolute Gasteiger partial charge is 0.494 e. The van der Waals surface area contributed by atoms with Crippen molar-refractivity contribution in [3.05, 3.63) is 30.3 Å². The highest BCUT2D eigenvalue weighted by molar-refractivity contribution is 6.40. The van der Waals surface area contributed by atoms with Crippen LogP contribution in [0.25, 0.3) is 0 Å². The summed E-state index contributed by atoms with van der Waals surface area (Å²) in [4.78, 5) is 0. The number of hydrogen-bond donors (Lipinski definition) is 2. The molecule has 0 atom stereocenters. The van der Waals surface area contributed by atoms with E-state index < -0.39 is 7.12 Å². The summed E-state index contributed by atoms with van der Waals surface area (Å²) in [5, 5.41) is 17.1. The summed E-state index contributed by atoms with van der Waals surface area (Å²) in [6.45, 7) is 0.516. The van der Waals surface area contributed by atoms with Gasteiger partial charge in [-0.05, 0) is 24.9 Å². The number of ether oxygens (including phenoxy) is 1. The van der Waals surface area contributed by atoms with Crippen molar-refractivity contribution in [3.63, 3.8) is 0 Å². The fourth-order valence-corrected chi connectivity index (χ4v) is 0.973. The van der Waals surface area contributed by atoms with Crippen LogP contribution in [-0.2, 0) is 0 Å². The third-order valence-electron chi connectivity index (χ3n) is 1.62. The summed E-state index contributed by atoms with van der Waals surface area (Å²) >= 11 is 0. The number of benzene rings is 1. The van der Waals surface area contributed by atoms with Gasteiger partial charge in [-0.1, -0.05) is 18.2 Å². The third kappa shape index (κ3) is 4.55. The first-order chi connectivity index (χ1) is 6.29. The van der Waals surface area contributed by atoms with Gasteiger partial charge in [0.15, 0.2) is 0 Å². The SMILES string of the molecule is OB(O)CCCOc1ccccc1. The topological polar surface area (TPSA) is 49.7 Å². The summed E-state index contributed by atoms with van der Waals surface area (Å²) in [7, 11) is -1.22. The summed E-state index contributed by atoms with van der Waals surface area (Å²) in [5.41, 5.74) is 0. The van der Waals surface area contributed by atoms with E-state index in [0.717, 1.165) is 5.75 Å². The Bertz CT molecular complexity index is 226. The van der Waals surface area contributed by atoms with Crippen molar-refractivity contribution in [3.8, 4) is 5.75 Å². The maximum atomic E-state index is 8.55. The molecule has 4 heteroatoms. The van der Waals surface area contributed by atoms with Gasteiger partial charge in [-0.25, -0.2) is 0 Å². The highest BCUT2D eigenvalue weighted by Crippen LogP contribution is 2.08. The average Bonchev–Trinajstić information content (AvgIpc) is 2.14. The number of rotatable bonds is 5. The van der Waals surface area contributed by atoms with Gasteiger partial charge < -0.3 is 14.8 Å². The Morgan fingerprint density at radius 2 is 1.85 bits per heavy atom. The Morgan fingerprint density at radius 3 is 2.46 bits per heavy atom. The van der Waals surface area contributed by atoms with Gasteiger partial charge in [-0.15, -0.1) is 0 Å². The average molecular weight is 180 g/mol. The summed E-state index contributed by atoms with van der Waals surface area (Å²) in [6.07, 6.45) is 0.999. The molecule has 0 aromatic heterocycles. The van der Waals surface area contributed by atoms with Gasteiger partial charge in [0.05, 0.1) is 6.61 Å². The molecule has 1 aromatic rings. The molecule has 0 radical (unpaired) electrons. The fourth-order valence-electron chi connectivity index (χ4n) is 0.973. The standard InChI is InChI=1S/C9H13BO3/c11-10(12)7-4-8-13-9-5-2-1-3-6-9/h1-3,5-6,11-12H,4,7-8H2. The zero-order valence-electron chi connectivity index (χ0n) is 7.39.